The quantitative estimate of drug-likeness (QED) is 0.621. The molecular formula is C16H30. The van der Waals surface area contributed by atoms with Crippen molar-refractivity contribution in [3.8, 4) is 0 Å². The fraction of sp³-hybridized carbons (Fsp3) is 1.00. The zero-order chi connectivity index (χ0) is 11.7. The first kappa shape index (κ1) is 12.5. The molecule has 0 saturated heterocycles. The van der Waals surface area contributed by atoms with Crippen molar-refractivity contribution >= 4 is 0 Å². The summed E-state index contributed by atoms with van der Waals surface area (Å²) in [6.07, 6.45) is 9.13. The molecule has 2 aliphatic carbocycles. The molecule has 2 aliphatic rings. The van der Waals surface area contributed by atoms with Crippen LogP contribution in [-0.4, -0.2) is 0 Å². The van der Waals surface area contributed by atoms with Gasteiger partial charge in [0.2, 0.25) is 0 Å². The van der Waals surface area contributed by atoms with E-state index in [0.29, 0.717) is 0 Å². The minimum absolute atomic E-state index is 0.918. The Morgan fingerprint density at radius 1 is 0.625 bits per heavy atom. The van der Waals surface area contributed by atoms with Gasteiger partial charge in [0.15, 0.2) is 0 Å². The Morgan fingerprint density at radius 3 is 1.31 bits per heavy atom. The van der Waals surface area contributed by atoms with Gasteiger partial charge in [-0.2, -0.15) is 0 Å². The van der Waals surface area contributed by atoms with E-state index in [0.717, 1.165) is 35.5 Å². The second-order valence-corrected chi connectivity index (χ2v) is 7.01. The molecule has 0 aromatic heterocycles. The summed E-state index contributed by atoms with van der Waals surface area (Å²) >= 11 is 0. The largest absolute Gasteiger partial charge is 0.0625 e. The highest BCUT2D eigenvalue weighted by Gasteiger charge is 2.41. The molecule has 0 heterocycles. The van der Waals surface area contributed by atoms with Gasteiger partial charge in [-0.25, -0.2) is 0 Å². The van der Waals surface area contributed by atoms with E-state index in [1.165, 1.54) is 38.5 Å². The molecule has 0 heteroatoms. The van der Waals surface area contributed by atoms with Crippen molar-refractivity contribution in [2.24, 2.45) is 35.5 Å². The van der Waals surface area contributed by atoms with Crippen LogP contribution in [0.4, 0.5) is 0 Å². The van der Waals surface area contributed by atoms with Crippen LogP contribution in [0.25, 0.3) is 0 Å². The normalized spacial score (nSPS) is 40.1. The van der Waals surface area contributed by atoms with Crippen LogP contribution in [0.3, 0.4) is 0 Å². The topological polar surface area (TPSA) is 0 Å². The van der Waals surface area contributed by atoms with Crippen LogP contribution in [0.2, 0.25) is 0 Å². The van der Waals surface area contributed by atoms with E-state index in [2.05, 4.69) is 27.7 Å². The number of hydrogen-bond acceptors (Lipinski definition) is 0. The van der Waals surface area contributed by atoms with Gasteiger partial charge in [0.25, 0.3) is 0 Å². The average Bonchev–Trinajstić information content (AvgIpc) is 2.85. The molecule has 0 N–H and O–H groups in total. The Kier molecular flexibility index (Phi) is 3.97. The van der Waals surface area contributed by atoms with E-state index in [1.807, 2.05) is 0 Å². The van der Waals surface area contributed by atoms with Crippen molar-refractivity contribution in [3.05, 3.63) is 0 Å². The lowest BCUT2D eigenvalue weighted by Crippen LogP contribution is -2.27. The predicted molar refractivity (Wildman–Crippen MR) is 71.3 cm³/mol. The summed E-state index contributed by atoms with van der Waals surface area (Å²) < 4.78 is 0. The first-order chi connectivity index (χ1) is 7.61. The van der Waals surface area contributed by atoms with Crippen LogP contribution in [0.15, 0.2) is 0 Å². The van der Waals surface area contributed by atoms with Crippen LogP contribution >= 0.6 is 0 Å². The fourth-order valence-corrected chi connectivity index (χ4v) is 4.75. The van der Waals surface area contributed by atoms with Crippen LogP contribution in [0, 0.1) is 35.5 Å². The van der Waals surface area contributed by atoms with Gasteiger partial charge in [-0.3, -0.25) is 0 Å². The second kappa shape index (κ2) is 5.10. The summed E-state index contributed by atoms with van der Waals surface area (Å²) in [5.74, 6) is 6.08. The Balaban J connectivity index is 2.05. The van der Waals surface area contributed by atoms with E-state index in [-0.39, 0.29) is 0 Å². The van der Waals surface area contributed by atoms with E-state index < -0.39 is 0 Å². The van der Waals surface area contributed by atoms with E-state index in [1.54, 1.807) is 0 Å². The van der Waals surface area contributed by atoms with Crippen LogP contribution < -0.4 is 0 Å². The summed E-state index contributed by atoms with van der Waals surface area (Å²) in [5.41, 5.74) is 0. The van der Waals surface area contributed by atoms with Gasteiger partial charge in [0.05, 0.1) is 0 Å². The minimum atomic E-state index is 0.918. The van der Waals surface area contributed by atoms with Gasteiger partial charge >= 0.3 is 0 Å². The maximum atomic E-state index is 2.45. The third-order valence-electron chi connectivity index (χ3n) is 5.51. The average molecular weight is 222 g/mol. The van der Waals surface area contributed by atoms with Crippen molar-refractivity contribution in [3.63, 3.8) is 0 Å². The lowest BCUT2D eigenvalue weighted by molar-refractivity contribution is 0.149. The molecule has 0 aliphatic heterocycles. The number of rotatable bonds is 3. The molecule has 0 nitrogen and oxygen atoms in total. The maximum Gasteiger partial charge on any atom is -0.0352 e. The monoisotopic (exact) mass is 222 g/mol. The van der Waals surface area contributed by atoms with E-state index in [4.69, 9.17) is 0 Å². The molecule has 0 aromatic carbocycles. The molecule has 94 valence electrons. The molecule has 0 bridgehead atoms. The molecule has 4 atom stereocenters. The summed E-state index contributed by atoms with van der Waals surface area (Å²) in [6, 6.07) is 0. The molecule has 16 heavy (non-hydrogen) atoms. The lowest BCUT2D eigenvalue weighted by atomic mass is 9.71. The van der Waals surface area contributed by atoms with Gasteiger partial charge in [0, 0.05) is 0 Å². The van der Waals surface area contributed by atoms with Crippen LogP contribution in [0.5, 0.6) is 0 Å². The maximum absolute atomic E-state index is 2.45. The zero-order valence-electron chi connectivity index (χ0n) is 11.7. The Labute approximate surface area is 102 Å². The van der Waals surface area contributed by atoms with Crippen LogP contribution in [-0.2, 0) is 0 Å². The Bertz CT molecular complexity index is 192. The molecule has 0 aromatic rings. The molecule has 4 unspecified atom stereocenters. The predicted octanol–water partition coefficient (Wildman–Crippen LogP) is 5.13. The zero-order valence-corrected chi connectivity index (χ0v) is 11.7. The highest BCUT2D eigenvalue weighted by atomic mass is 14.5. The van der Waals surface area contributed by atoms with Crippen molar-refractivity contribution in [2.45, 2.75) is 66.2 Å². The highest BCUT2D eigenvalue weighted by Crippen LogP contribution is 2.50. The lowest BCUT2D eigenvalue weighted by Gasteiger charge is -2.34. The van der Waals surface area contributed by atoms with Crippen LogP contribution in [0.1, 0.15) is 66.2 Å². The summed E-state index contributed by atoms with van der Waals surface area (Å²) in [6.45, 7) is 9.79. The summed E-state index contributed by atoms with van der Waals surface area (Å²) in [7, 11) is 0. The van der Waals surface area contributed by atoms with E-state index in [9.17, 15) is 0 Å². The van der Waals surface area contributed by atoms with E-state index >= 15 is 0 Å². The van der Waals surface area contributed by atoms with Gasteiger partial charge in [-0.1, -0.05) is 40.5 Å². The highest BCUT2D eigenvalue weighted by molar-refractivity contribution is 4.91. The molecule has 0 radical (unpaired) electrons. The fourth-order valence-electron chi connectivity index (χ4n) is 4.75. The molecule has 0 amide bonds. The molecule has 0 spiro atoms. The van der Waals surface area contributed by atoms with Gasteiger partial charge in [-0.15, -0.1) is 0 Å². The molecular weight excluding hydrogens is 192 g/mol. The Hall–Kier alpha value is 0. The SMILES string of the molecule is CC(C)C1CCCC1C1CCCC1C(C)C. The smallest absolute Gasteiger partial charge is 0.0352 e. The third-order valence-corrected chi connectivity index (χ3v) is 5.51. The van der Waals surface area contributed by atoms with Crippen molar-refractivity contribution in [1.29, 1.82) is 0 Å². The Morgan fingerprint density at radius 2 is 1.00 bits per heavy atom. The van der Waals surface area contributed by atoms with Gasteiger partial charge < -0.3 is 0 Å². The first-order valence-electron chi connectivity index (χ1n) is 7.61. The second-order valence-electron chi connectivity index (χ2n) is 7.01. The molecule has 2 fully saturated rings. The summed E-state index contributed by atoms with van der Waals surface area (Å²) in [4.78, 5) is 0. The van der Waals surface area contributed by atoms with Crippen molar-refractivity contribution < 1.29 is 0 Å². The minimum Gasteiger partial charge on any atom is -0.0625 e. The summed E-state index contributed by atoms with van der Waals surface area (Å²) in [5, 5.41) is 0. The number of hydrogen-bond donors (Lipinski definition) is 0. The van der Waals surface area contributed by atoms with Crippen molar-refractivity contribution in [2.75, 3.05) is 0 Å². The van der Waals surface area contributed by atoms with Crippen molar-refractivity contribution in [1.82, 2.24) is 0 Å². The third kappa shape index (κ3) is 2.31. The molecule has 2 saturated carbocycles. The standard InChI is InChI=1S/C16H30/c1-11(2)13-7-5-9-15(13)16-10-6-8-14(16)12(3)4/h11-16H,5-10H2,1-4H3. The molecule has 2 rings (SSSR count). The first-order valence-corrected chi connectivity index (χ1v) is 7.61. The van der Waals surface area contributed by atoms with Gasteiger partial charge in [-0.05, 0) is 61.2 Å². The van der Waals surface area contributed by atoms with Gasteiger partial charge in [0.1, 0.15) is 0 Å².